The lowest BCUT2D eigenvalue weighted by atomic mass is 9.94. The standard InChI is InChI=1S/C26H29NO7/c1-4-5-14-34-20-8-6-7-19(16-20)23(28)21-22(27(13-15-32-2)25(30)24(21)29)17-9-11-18(12-10-17)26(31)33-3/h6-12,16,22,28H,4-5,13-15H2,1-3H3/b23-21+. The summed E-state index contributed by atoms with van der Waals surface area (Å²) in [7, 11) is 2.79. The summed E-state index contributed by atoms with van der Waals surface area (Å²) >= 11 is 0. The summed E-state index contributed by atoms with van der Waals surface area (Å²) in [6.45, 7) is 2.96. The number of benzene rings is 2. The highest BCUT2D eigenvalue weighted by Crippen LogP contribution is 2.39. The fourth-order valence-electron chi connectivity index (χ4n) is 3.79. The fourth-order valence-corrected chi connectivity index (χ4v) is 3.79. The average Bonchev–Trinajstić information content (AvgIpc) is 3.11. The van der Waals surface area contributed by atoms with E-state index in [0.717, 1.165) is 12.8 Å². The molecule has 3 rings (SSSR count). The number of nitrogens with zero attached hydrogens (tertiary/aromatic N) is 1. The number of ether oxygens (including phenoxy) is 3. The molecule has 0 radical (unpaired) electrons. The molecule has 1 aliphatic rings. The predicted molar refractivity (Wildman–Crippen MR) is 126 cm³/mol. The number of unbranched alkanes of at least 4 members (excludes halogenated alkanes) is 1. The highest BCUT2D eigenvalue weighted by Gasteiger charge is 2.45. The van der Waals surface area contributed by atoms with Gasteiger partial charge < -0.3 is 24.2 Å². The number of methoxy groups -OCH3 is 2. The van der Waals surface area contributed by atoms with Crippen molar-refractivity contribution in [3.05, 3.63) is 70.8 Å². The number of hydrogen-bond acceptors (Lipinski definition) is 7. The Balaban J connectivity index is 2.06. The summed E-state index contributed by atoms with van der Waals surface area (Å²) < 4.78 is 15.6. The van der Waals surface area contributed by atoms with Gasteiger partial charge in [-0.2, -0.15) is 0 Å². The molecule has 1 aliphatic heterocycles. The first-order valence-corrected chi connectivity index (χ1v) is 11.1. The summed E-state index contributed by atoms with van der Waals surface area (Å²) in [6.07, 6.45) is 1.88. The van der Waals surface area contributed by atoms with Crippen LogP contribution in [0.4, 0.5) is 0 Å². The van der Waals surface area contributed by atoms with Crippen LogP contribution in [0.2, 0.25) is 0 Å². The zero-order valence-corrected chi connectivity index (χ0v) is 19.6. The van der Waals surface area contributed by atoms with Crippen LogP contribution < -0.4 is 4.74 Å². The van der Waals surface area contributed by atoms with Gasteiger partial charge >= 0.3 is 5.97 Å². The molecule has 1 unspecified atom stereocenters. The Bertz CT molecular complexity index is 1070. The van der Waals surface area contributed by atoms with E-state index < -0.39 is 23.7 Å². The van der Waals surface area contributed by atoms with Crippen LogP contribution in [0.1, 0.15) is 47.3 Å². The van der Waals surface area contributed by atoms with Gasteiger partial charge in [0.15, 0.2) is 0 Å². The molecule has 1 fully saturated rings. The molecular formula is C26H29NO7. The van der Waals surface area contributed by atoms with Crippen molar-refractivity contribution in [2.45, 2.75) is 25.8 Å². The number of rotatable bonds is 10. The first-order valence-electron chi connectivity index (χ1n) is 11.1. The normalized spacial score (nSPS) is 17.1. The van der Waals surface area contributed by atoms with Gasteiger partial charge in [0.05, 0.1) is 37.5 Å². The Morgan fingerprint density at radius 2 is 1.76 bits per heavy atom. The number of esters is 1. The summed E-state index contributed by atoms with van der Waals surface area (Å²) in [6, 6.07) is 12.3. The van der Waals surface area contributed by atoms with Crippen LogP contribution in [0.5, 0.6) is 5.75 Å². The van der Waals surface area contributed by atoms with E-state index in [0.29, 0.717) is 29.0 Å². The van der Waals surface area contributed by atoms with Gasteiger partial charge in [-0.3, -0.25) is 9.59 Å². The third-order valence-corrected chi connectivity index (χ3v) is 5.60. The molecule has 8 heteroatoms. The third kappa shape index (κ3) is 5.28. The number of aliphatic hydroxyl groups excluding tert-OH is 1. The Morgan fingerprint density at radius 3 is 2.41 bits per heavy atom. The quantitative estimate of drug-likeness (QED) is 0.187. The molecule has 34 heavy (non-hydrogen) atoms. The van der Waals surface area contributed by atoms with Gasteiger partial charge in [0, 0.05) is 19.2 Å². The molecule has 1 amide bonds. The van der Waals surface area contributed by atoms with Crippen molar-refractivity contribution >= 4 is 23.4 Å². The number of aliphatic hydroxyl groups is 1. The van der Waals surface area contributed by atoms with E-state index in [4.69, 9.17) is 14.2 Å². The smallest absolute Gasteiger partial charge is 0.337 e. The number of hydrogen-bond donors (Lipinski definition) is 1. The van der Waals surface area contributed by atoms with E-state index in [-0.39, 0.29) is 24.5 Å². The summed E-state index contributed by atoms with van der Waals surface area (Å²) in [5, 5.41) is 11.2. The number of Topliss-reactive ketones (excluding diaryl/α,β-unsaturated/α-hetero) is 1. The van der Waals surface area contributed by atoms with E-state index in [1.165, 1.54) is 19.1 Å². The first kappa shape index (κ1) is 25.0. The number of carbonyl (C=O) groups excluding carboxylic acids is 3. The van der Waals surface area contributed by atoms with Crippen LogP contribution >= 0.6 is 0 Å². The summed E-state index contributed by atoms with van der Waals surface area (Å²) in [5.74, 6) is -1.74. The molecule has 0 bridgehead atoms. The average molecular weight is 468 g/mol. The highest BCUT2D eigenvalue weighted by molar-refractivity contribution is 6.46. The number of ketones is 1. The van der Waals surface area contributed by atoms with Gasteiger partial charge in [-0.15, -0.1) is 0 Å². The van der Waals surface area contributed by atoms with Gasteiger partial charge in [-0.05, 0) is 36.2 Å². The molecule has 2 aromatic rings. The summed E-state index contributed by atoms with van der Waals surface area (Å²) in [4.78, 5) is 39.1. The zero-order chi connectivity index (χ0) is 24.7. The molecule has 1 heterocycles. The van der Waals surface area contributed by atoms with E-state index in [1.807, 2.05) is 0 Å². The predicted octanol–water partition coefficient (Wildman–Crippen LogP) is 3.72. The third-order valence-electron chi connectivity index (χ3n) is 5.60. The van der Waals surface area contributed by atoms with Crippen LogP contribution in [0.3, 0.4) is 0 Å². The molecule has 1 saturated heterocycles. The molecule has 0 aromatic heterocycles. The van der Waals surface area contributed by atoms with Crippen molar-refractivity contribution in [2.75, 3.05) is 34.0 Å². The largest absolute Gasteiger partial charge is 0.507 e. The van der Waals surface area contributed by atoms with Gasteiger partial charge in [0.25, 0.3) is 11.7 Å². The molecule has 0 spiro atoms. The van der Waals surface area contributed by atoms with E-state index in [9.17, 15) is 19.5 Å². The van der Waals surface area contributed by atoms with Crippen LogP contribution in [0.15, 0.2) is 54.1 Å². The Hall–Kier alpha value is -3.65. The lowest BCUT2D eigenvalue weighted by Crippen LogP contribution is -2.32. The molecule has 0 aliphatic carbocycles. The van der Waals surface area contributed by atoms with Crippen molar-refractivity contribution in [1.82, 2.24) is 4.90 Å². The second-order valence-electron chi connectivity index (χ2n) is 7.83. The fraction of sp³-hybridized carbons (Fsp3) is 0.346. The zero-order valence-electron chi connectivity index (χ0n) is 19.6. The van der Waals surface area contributed by atoms with Crippen molar-refractivity contribution in [3.63, 3.8) is 0 Å². The second kappa shape index (κ2) is 11.5. The number of carbonyl (C=O) groups is 3. The highest BCUT2D eigenvalue weighted by atomic mass is 16.5. The van der Waals surface area contributed by atoms with Gasteiger partial charge in [0.1, 0.15) is 11.5 Å². The van der Waals surface area contributed by atoms with Gasteiger partial charge in [-0.1, -0.05) is 37.6 Å². The van der Waals surface area contributed by atoms with Crippen LogP contribution in [0, 0.1) is 0 Å². The van der Waals surface area contributed by atoms with E-state index in [2.05, 4.69) is 6.92 Å². The Morgan fingerprint density at radius 1 is 1.03 bits per heavy atom. The first-order chi connectivity index (χ1) is 16.4. The topological polar surface area (TPSA) is 102 Å². The van der Waals surface area contributed by atoms with Crippen molar-refractivity contribution in [3.8, 4) is 5.75 Å². The van der Waals surface area contributed by atoms with Crippen molar-refractivity contribution in [2.24, 2.45) is 0 Å². The van der Waals surface area contributed by atoms with E-state index >= 15 is 0 Å². The van der Waals surface area contributed by atoms with Crippen LogP contribution in [-0.2, 0) is 19.1 Å². The molecule has 1 N–H and O–H groups in total. The SMILES string of the molecule is CCCCOc1cccc(/C(O)=C2\C(=O)C(=O)N(CCOC)C2c2ccc(C(=O)OC)cc2)c1. The monoisotopic (exact) mass is 467 g/mol. The molecule has 1 atom stereocenters. The maximum atomic E-state index is 13.0. The minimum atomic E-state index is -0.841. The molecule has 8 nitrogen and oxygen atoms in total. The van der Waals surface area contributed by atoms with Crippen molar-refractivity contribution < 1.29 is 33.7 Å². The maximum absolute atomic E-state index is 13.0. The molecule has 0 saturated carbocycles. The van der Waals surface area contributed by atoms with Gasteiger partial charge in [0.2, 0.25) is 0 Å². The van der Waals surface area contributed by atoms with Crippen LogP contribution in [0.25, 0.3) is 5.76 Å². The van der Waals surface area contributed by atoms with Crippen molar-refractivity contribution in [1.29, 1.82) is 0 Å². The van der Waals surface area contributed by atoms with Crippen LogP contribution in [-0.4, -0.2) is 61.6 Å². The van der Waals surface area contributed by atoms with Gasteiger partial charge in [-0.25, -0.2) is 4.79 Å². The second-order valence-corrected chi connectivity index (χ2v) is 7.83. The summed E-state index contributed by atoms with van der Waals surface area (Å²) in [5.41, 5.74) is 1.24. The molecular weight excluding hydrogens is 438 g/mol. The maximum Gasteiger partial charge on any atom is 0.337 e. The van der Waals surface area contributed by atoms with E-state index in [1.54, 1.807) is 48.5 Å². The Kier molecular flexibility index (Phi) is 8.43. The molecule has 2 aromatic carbocycles. The number of amides is 1. The number of likely N-dealkylation sites (tertiary alicyclic amines) is 1. The molecule has 180 valence electrons. The Labute approximate surface area is 198 Å². The minimum absolute atomic E-state index is 0.0300. The minimum Gasteiger partial charge on any atom is -0.507 e. The lowest BCUT2D eigenvalue weighted by Gasteiger charge is -2.25. The lowest BCUT2D eigenvalue weighted by molar-refractivity contribution is -0.140.